The van der Waals surface area contributed by atoms with Crippen LogP contribution in [0.2, 0.25) is 0 Å². The molecule has 0 amide bonds. The molecule has 0 aromatic heterocycles. The highest BCUT2D eigenvalue weighted by Crippen LogP contribution is 2.22. The first-order valence-corrected chi connectivity index (χ1v) is 5.86. The minimum absolute atomic E-state index is 0.117. The van der Waals surface area contributed by atoms with Gasteiger partial charge < -0.3 is 14.9 Å². The average Bonchev–Trinajstić information content (AvgIpc) is 2.41. The summed E-state index contributed by atoms with van der Waals surface area (Å²) in [6.45, 7) is 1.73. The molecule has 1 unspecified atom stereocenters. The van der Waals surface area contributed by atoms with Crippen LogP contribution < -0.4 is 4.74 Å². The SMILES string of the molecule is CC(C(=O)Oc1ccc(O)cc1)c1ccc(O)cc1. The molecule has 4 heteroatoms. The molecule has 0 heterocycles. The fourth-order valence-electron chi connectivity index (χ4n) is 1.62. The summed E-state index contributed by atoms with van der Waals surface area (Å²) in [5.41, 5.74) is 0.765. The van der Waals surface area contributed by atoms with E-state index < -0.39 is 11.9 Å². The number of hydrogen-bond donors (Lipinski definition) is 2. The van der Waals surface area contributed by atoms with E-state index in [1.807, 2.05) is 0 Å². The predicted octanol–water partition coefficient (Wildman–Crippen LogP) is 2.81. The second kappa shape index (κ2) is 5.44. The lowest BCUT2D eigenvalue weighted by Gasteiger charge is -2.11. The van der Waals surface area contributed by atoms with Crippen LogP contribution in [0.1, 0.15) is 18.4 Å². The maximum Gasteiger partial charge on any atom is 0.318 e. The number of rotatable bonds is 3. The Kier molecular flexibility index (Phi) is 3.71. The van der Waals surface area contributed by atoms with E-state index in [4.69, 9.17) is 9.84 Å². The Labute approximate surface area is 110 Å². The van der Waals surface area contributed by atoms with Crippen molar-refractivity contribution in [3.8, 4) is 17.2 Å². The van der Waals surface area contributed by atoms with E-state index in [1.165, 1.54) is 36.4 Å². The van der Waals surface area contributed by atoms with Gasteiger partial charge in [-0.25, -0.2) is 0 Å². The maximum absolute atomic E-state index is 11.9. The predicted molar refractivity (Wildman–Crippen MR) is 70.3 cm³/mol. The number of aromatic hydroxyl groups is 2. The fraction of sp³-hybridized carbons (Fsp3) is 0.133. The summed E-state index contributed by atoms with van der Waals surface area (Å²) in [6.07, 6.45) is 0. The van der Waals surface area contributed by atoms with Gasteiger partial charge in [-0.3, -0.25) is 4.79 Å². The van der Waals surface area contributed by atoms with Gasteiger partial charge in [-0.15, -0.1) is 0 Å². The first kappa shape index (κ1) is 13.0. The molecule has 0 aliphatic heterocycles. The van der Waals surface area contributed by atoms with Crippen LogP contribution in [0.25, 0.3) is 0 Å². The van der Waals surface area contributed by atoms with Crippen LogP contribution in [0.5, 0.6) is 17.2 Å². The first-order chi connectivity index (χ1) is 9.06. The quantitative estimate of drug-likeness (QED) is 0.656. The van der Waals surface area contributed by atoms with Gasteiger partial charge in [0.2, 0.25) is 0 Å². The largest absolute Gasteiger partial charge is 0.508 e. The number of carbonyl (C=O) groups is 1. The summed E-state index contributed by atoms with van der Waals surface area (Å²) in [7, 11) is 0. The van der Waals surface area contributed by atoms with Crippen molar-refractivity contribution < 1.29 is 19.7 Å². The van der Waals surface area contributed by atoms with Crippen molar-refractivity contribution in [1.82, 2.24) is 0 Å². The van der Waals surface area contributed by atoms with Crippen LogP contribution in [0, 0.1) is 0 Å². The lowest BCUT2D eigenvalue weighted by molar-refractivity contribution is -0.135. The molecule has 0 aliphatic carbocycles. The van der Waals surface area contributed by atoms with Gasteiger partial charge in [0.1, 0.15) is 17.2 Å². The van der Waals surface area contributed by atoms with Crippen molar-refractivity contribution in [1.29, 1.82) is 0 Å². The van der Waals surface area contributed by atoms with Crippen LogP contribution >= 0.6 is 0 Å². The smallest absolute Gasteiger partial charge is 0.318 e. The highest BCUT2D eigenvalue weighted by Gasteiger charge is 2.17. The van der Waals surface area contributed by atoms with Gasteiger partial charge in [-0.1, -0.05) is 12.1 Å². The lowest BCUT2D eigenvalue weighted by atomic mass is 10.0. The molecule has 2 rings (SSSR count). The summed E-state index contributed by atoms with van der Waals surface area (Å²) < 4.78 is 5.20. The zero-order valence-corrected chi connectivity index (χ0v) is 10.4. The molecular formula is C15H14O4. The van der Waals surface area contributed by atoms with Crippen LogP contribution in [-0.4, -0.2) is 16.2 Å². The molecule has 0 spiro atoms. The first-order valence-electron chi connectivity index (χ1n) is 5.86. The van der Waals surface area contributed by atoms with E-state index in [1.54, 1.807) is 19.1 Å². The van der Waals surface area contributed by atoms with E-state index in [0.717, 1.165) is 5.56 Å². The molecule has 0 fully saturated rings. The van der Waals surface area contributed by atoms with Gasteiger partial charge in [0, 0.05) is 0 Å². The number of esters is 1. The summed E-state index contributed by atoms with van der Waals surface area (Å²) >= 11 is 0. The molecule has 2 aromatic rings. The van der Waals surface area contributed by atoms with Crippen molar-refractivity contribution in [2.75, 3.05) is 0 Å². The van der Waals surface area contributed by atoms with Crippen LogP contribution in [0.15, 0.2) is 48.5 Å². The van der Waals surface area contributed by atoms with E-state index in [2.05, 4.69) is 0 Å². The zero-order chi connectivity index (χ0) is 13.8. The van der Waals surface area contributed by atoms with Gasteiger partial charge in [-0.05, 0) is 48.9 Å². The second-order valence-electron chi connectivity index (χ2n) is 4.23. The van der Waals surface area contributed by atoms with Crippen molar-refractivity contribution in [2.24, 2.45) is 0 Å². The van der Waals surface area contributed by atoms with E-state index >= 15 is 0 Å². The Morgan fingerprint density at radius 1 is 0.947 bits per heavy atom. The third kappa shape index (κ3) is 3.25. The highest BCUT2D eigenvalue weighted by molar-refractivity contribution is 5.79. The van der Waals surface area contributed by atoms with Crippen molar-refractivity contribution in [3.63, 3.8) is 0 Å². The molecule has 0 radical (unpaired) electrons. The Hall–Kier alpha value is -2.49. The van der Waals surface area contributed by atoms with Gasteiger partial charge >= 0.3 is 5.97 Å². The fourth-order valence-corrected chi connectivity index (χ4v) is 1.62. The minimum Gasteiger partial charge on any atom is -0.508 e. The van der Waals surface area contributed by atoms with Crippen LogP contribution in [0.3, 0.4) is 0 Å². The van der Waals surface area contributed by atoms with Gasteiger partial charge in [0.25, 0.3) is 0 Å². The maximum atomic E-state index is 11.9. The normalized spacial score (nSPS) is 11.8. The van der Waals surface area contributed by atoms with E-state index in [0.29, 0.717) is 5.75 Å². The zero-order valence-electron chi connectivity index (χ0n) is 10.4. The molecule has 0 bridgehead atoms. The number of carbonyl (C=O) groups excluding carboxylic acids is 1. The van der Waals surface area contributed by atoms with Crippen LogP contribution in [-0.2, 0) is 4.79 Å². The van der Waals surface area contributed by atoms with Gasteiger partial charge in [0.05, 0.1) is 5.92 Å². The number of phenols is 2. The summed E-state index contributed by atoms with van der Waals surface area (Å²) in [6, 6.07) is 12.4. The molecule has 4 nitrogen and oxygen atoms in total. The van der Waals surface area contributed by atoms with Crippen molar-refractivity contribution >= 4 is 5.97 Å². The average molecular weight is 258 g/mol. The van der Waals surface area contributed by atoms with E-state index in [-0.39, 0.29) is 11.5 Å². The molecule has 19 heavy (non-hydrogen) atoms. The lowest BCUT2D eigenvalue weighted by Crippen LogP contribution is -2.16. The van der Waals surface area contributed by atoms with Gasteiger partial charge in [0.15, 0.2) is 0 Å². The molecule has 2 N–H and O–H groups in total. The molecule has 98 valence electrons. The van der Waals surface area contributed by atoms with Gasteiger partial charge in [-0.2, -0.15) is 0 Å². The molecule has 1 atom stereocenters. The topological polar surface area (TPSA) is 66.8 Å². The number of benzene rings is 2. The molecule has 0 aliphatic rings. The number of ether oxygens (including phenoxy) is 1. The molecule has 2 aromatic carbocycles. The standard InChI is InChI=1S/C15H14O4/c1-10(11-2-4-12(16)5-3-11)15(18)19-14-8-6-13(17)7-9-14/h2-10,16-17H,1H3. The molecule has 0 saturated heterocycles. The third-order valence-electron chi connectivity index (χ3n) is 2.80. The summed E-state index contributed by atoms with van der Waals surface area (Å²) in [4.78, 5) is 11.9. The highest BCUT2D eigenvalue weighted by atomic mass is 16.5. The second-order valence-corrected chi connectivity index (χ2v) is 4.23. The Morgan fingerprint density at radius 3 is 1.95 bits per heavy atom. The Morgan fingerprint density at radius 2 is 1.42 bits per heavy atom. The van der Waals surface area contributed by atoms with Crippen LogP contribution in [0.4, 0.5) is 0 Å². The number of hydrogen-bond acceptors (Lipinski definition) is 4. The molecule has 0 saturated carbocycles. The Balaban J connectivity index is 2.07. The summed E-state index contributed by atoms with van der Waals surface area (Å²) in [5, 5.41) is 18.3. The van der Waals surface area contributed by atoms with Crippen molar-refractivity contribution in [2.45, 2.75) is 12.8 Å². The van der Waals surface area contributed by atoms with E-state index in [9.17, 15) is 9.90 Å². The third-order valence-corrected chi connectivity index (χ3v) is 2.80. The Bertz CT molecular complexity index is 558. The summed E-state index contributed by atoms with van der Waals surface area (Å²) in [5.74, 6) is -0.173. The molecular weight excluding hydrogens is 244 g/mol. The monoisotopic (exact) mass is 258 g/mol. The van der Waals surface area contributed by atoms with Crippen molar-refractivity contribution in [3.05, 3.63) is 54.1 Å². The minimum atomic E-state index is -0.436. The number of phenolic OH excluding ortho intramolecular Hbond substituents is 2.